The number of hydrogen-bond donors (Lipinski definition) is 3. The fourth-order valence-corrected chi connectivity index (χ4v) is 6.87. The smallest absolute Gasteiger partial charge is 0.241 e. The van der Waals surface area contributed by atoms with Crippen LogP contribution in [0.3, 0.4) is 0 Å². The average molecular weight is 638 g/mol. The topological polar surface area (TPSA) is 71.0 Å². The first-order valence-electron chi connectivity index (χ1n) is 17.9. The molecule has 1 unspecified atom stereocenters. The second kappa shape index (κ2) is 21.0. The molecule has 47 heavy (non-hydrogen) atoms. The van der Waals surface area contributed by atoms with Crippen LogP contribution in [0.4, 0.5) is 0 Å². The molecule has 3 N–H and O–H groups in total. The highest BCUT2D eigenvalue weighted by molar-refractivity contribution is 5.77. The monoisotopic (exact) mass is 637 g/mol. The van der Waals surface area contributed by atoms with Gasteiger partial charge in [-0.1, -0.05) is 106 Å². The lowest BCUT2D eigenvalue weighted by atomic mass is 9.81. The normalized spacial score (nSPS) is 19.1. The van der Waals surface area contributed by atoms with Crippen molar-refractivity contribution in [2.45, 2.75) is 122 Å². The van der Waals surface area contributed by atoms with Gasteiger partial charge in [0.2, 0.25) is 5.91 Å². The second-order valence-corrected chi connectivity index (χ2v) is 12.9. The summed E-state index contributed by atoms with van der Waals surface area (Å²) in [5, 5.41) is 15.0. The predicted molar refractivity (Wildman–Crippen MR) is 199 cm³/mol. The summed E-state index contributed by atoms with van der Waals surface area (Å²) in [5.74, 6) is 0.621. The number of hydrogen-bond acceptors (Lipinski definition) is 4. The van der Waals surface area contributed by atoms with E-state index in [9.17, 15) is 4.79 Å². The molecule has 3 aliphatic carbocycles. The summed E-state index contributed by atoms with van der Waals surface area (Å²) in [6, 6.07) is 13.4. The van der Waals surface area contributed by atoms with E-state index in [1.54, 1.807) is 10.3 Å². The van der Waals surface area contributed by atoms with Crippen molar-refractivity contribution in [1.82, 2.24) is 25.7 Å². The third-order valence-corrected chi connectivity index (χ3v) is 9.52. The van der Waals surface area contributed by atoms with Crippen LogP contribution in [0.1, 0.15) is 114 Å². The lowest BCUT2D eigenvalue weighted by Gasteiger charge is -2.33. The van der Waals surface area contributed by atoms with Crippen molar-refractivity contribution in [2.75, 3.05) is 6.54 Å². The Kier molecular flexibility index (Phi) is 16.7. The maximum absolute atomic E-state index is 13.0. The van der Waals surface area contributed by atoms with Gasteiger partial charge in [0, 0.05) is 18.6 Å². The Morgan fingerprint density at radius 2 is 1.68 bits per heavy atom. The number of nitrogens with zero attached hydrogens (tertiary/aromatic N) is 2. The molecule has 2 atom stereocenters. The lowest BCUT2D eigenvalue weighted by molar-refractivity contribution is -0.122. The van der Waals surface area contributed by atoms with E-state index >= 15 is 0 Å². The quantitative estimate of drug-likeness (QED) is 0.193. The van der Waals surface area contributed by atoms with Crippen LogP contribution >= 0.6 is 0 Å². The highest BCUT2D eigenvalue weighted by Crippen LogP contribution is 2.30. The van der Waals surface area contributed by atoms with Crippen LogP contribution in [-0.4, -0.2) is 34.3 Å². The zero-order valence-corrected chi connectivity index (χ0v) is 29.1. The fraction of sp³-hybridized carbons (Fsp3) is 0.512. The Balaban J connectivity index is 0.000000518. The zero-order chi connectivity index (χ0) is 33.9. The minimum Gasteiger partial charge on any atom is -0.384 e. The minimum absolute atomic E-state index is 0.0167. The van der Waals surface area contributed by atoms with Crippen LogP contribution in [0, 0.1) is 18.8 Å². The molecular weight excluding hydrogens is 578 g/mol. The summed E-state index contributed by atoms with van der Waals surface area (Å²) < 4.78 is 1.80. The van der Waals surface area contributed by atoms with Crippen LogP contribution < -0.4 is 16.0 Å². The molecule has 1 amide bonds. The number of aromatic nitrogens is 2. The number of aryl methyl sites for hydroxylation is 1. The zero-order valence-electron chi connectivity index (χ0n) is 29.1. The number of amides is 1. The van der Waals surface area contributed by atoms with Crippen molar-refractivity contribution >= 4 is 17.3 Å². The molecule has 3 aliphatic rings. The van der Waals surface area contributed by atoms with Gasteiger partial charge in [-0.25, -0.2) is 0 Å². The van der Waals surface area contributed by atoms with Crippen molar-refractivity contribution in [3.05, 3.63) is 90.3 Å². The molecule has 254 valence electrons. The van der Waals surface area contributed by atoms with Gasteiger partial charge in [-0.3, -0.25) is 9.48 Å². The van der Waals surface area contributed by atoms with Crippen LogP contribution in [0.2, 0.25) is 0 Å². The number of allylic oxidation sites excluding steroid dienone is 4. The largest absolute Gasteiger partial charge is 0.384 e. The van der Waals surface area contributed by atoms with Crippen molar-refractivity contribution in [3.8, 4) is 12.8 Å². The maximum Gasteiger partial charge on any atom is 0.241 e. The van der Waals surface area contributed by atoms with Crippen LogP contribution in [0.15, 0.2) is 73.4 Å². The summed E-state index contributed by atoms with van der Waals surface area (Å²) in [6.45, 7) is 13.8. The van der Waals surface area contributed by atoms with Gasteiger partial charge in [0.15, 0.2) is 0 Å². The molecule has 1 heterocycles. The van der Waals surface area contributed by atoms with Gasteiger partial charge in [-0.2, -0.15) is 5.10 Å². The number of carbonyl (C=O) groups excluding carboxylic acids is 1. The van der Waals surface area contributed by atoms with Gasteiger partial charge >= 0.3 is 0 Å². The van der Waals surface area contributed by atoms with Gasteiger partial charge in [-0.05, 0) is 82.3 Å². The summed E-state index contributed by atoms with van der Waals surface area (Å²) in [5.41, 5.74) is 6.22. The van der Waals surface area contributed by atoms with E-state index in [2.05, 4.69) is 97.4 Å². The van der Waals surface area contributed by atoms with Crippen LogP contribution in [0.5, 0.6) is 0 Å². The third-order valence-electron chi connectivity index (χ3n) is 9.52. The number of nitrogens with one attached hydrogen (secondary N) is 3. The number of rotatable bonds is 13. The van der Waals surface area contributed by atoms with E-state index in [1.165, 1.54) is 69.8 Å². The molecule has 1 aromatic carbocycles. The van der Waals surface area contributed by atoms with E-state index in [-0.39, 0.29) is 18.5 Å². The molecule has 6 heteroatoms. The molecule has 0 spiro atoms. The predicted octanol–water partition coefficient (Wildman–Crippen LogP) is 8.59. The molecule has 6 nitrogen and oxygen atoms in total. The second-order valence-electron chi connectivity index (χ2n) is 12.9. The molecule has 0 bridgehead atoms. The van der Waals surface area contributed by atoms with Gasteiger partial charge in [0.25, 0.3) is 0 Å². The summed E-state index contributed by atoms with van der Waals surface area (Å²) in [6.07, 6.45) is 31.3. The van der Waals surface area contributed by atoms with Crippen LogP contribution in [0.25, 0.3) is 11.4 Å². The Morgan fingerprint density at radius 3 is 2.34 bits per heavy atom. The van der Waals surface area contributed by atoms with Gasteiger partial charge in [-0.15, -0.1) is 12.8 Å². The van der Waals surface area contributed by atoms with E-state index in [4.69, 9.17) is 5.10 Å². The average Bonchev–Trinajstić information content (AvgIpc) is 3.54. The first-order chi connectivity index (χ1) is 23.0. The number of benzene rings is 1. The van der Waals surface area contributed by atoms with E-state index in [1.807, 2.05) is 13.0 Å². The molecule has 1 aromatic heterocycles. The van der Waals surface area contributed by atoms with Crippen molar-refractivity contribution in [2.24, 2.45) is 5.92 Å². The fourth-order valence-electron chi connectivity index (χ4n) is 6.87. The van der Waals surface area contributed by atoms with Crippen molar-refractivity contribution in [3.63, 3.8) is 0 Å². The Morgan fingerprint density at radius 1 is 0.957 bits per heavy atom. The summed E-state index contributed by atoms with van der Waals surface area (Å²) >= 11 is 0. The first kappa shape index (κ1) is 37.5. The van der Waals surface area contributed by atoms with Crippen LogP contribution in [-0.2, 0) is 17.8 Å². The van der Waals surface area contributed by atoms with E-state index in [0.29, 0.717) is 12.0 Å². The van der Waals surface area contributed by atoms with E-state index < -0.39 is 0 Å². The Bertz CT molecular complexity index is 1330. The highest BCUT2D eigenvalue weighted by atomic mass is 16.2. The molecule has 2 saturated carbocycles. The highest BCUT2D eigenvalue weighted by Gasteiger charge is 2.27. The number of carbonyl (C=O) groups is 1. The van der Waals surface area contributed by atoms with E-state index in [0.717, 1.165) is 55.0 Å². The molecule has 2 aromatic rings. The molecule has 5 rings (SSSR count). The Labute approximate surface area is 285 Å². The van der Waals surface area contributed by atoms with Gasteiger partial charge < -0.3 is 16.0 Å². The molecule has 2 fully saturated rings. The lowest BCUT2D eigenvalue weighted by Crippen LogP contribution is -2.39. The van der Waals surface area contributed by atoms with Gasteiger partial charge in [0.1, 0.15) is 12.2 Å². The molecule has 0 saturated heterocycles. The summed E-state index contributed by atoms with van der Waals surface area (Å²) in [4.78, 5) is 13.0. The first-order valence-corrected chi connectivity index (χ1v) is 17.9. The van der Waals surface area contributed by atoms with Crippen molar-refractivity contribution < 1.29 is 4.79 Å². The Hall–Kier alpha value is -3.98. The molecule has 0 radical (unpaired) electrons. The standard InChI is InChI=1S/C31H45N5O.C8H12.C2H2/c1-4-32-23(2)29-21-30(36(35-29)22-31(37)34-27-16-9-6-10-17-27)24(3)33-28-18-12-11-15-26(28)20-19-25-13-7-5-8-14-25;1-2-8-6-4-3-5-7-8;1-2/h5,7-8,13-14,21,26-28,32-33H,2-4,6,9-12,15-20,22H2,1H3,(H,34,37);3-4,6H,2,5,7H2,1H3;1-2H/t26?,28-;;/m0../s1. The molecule has 0 aliphatic heterocycles. The number of terminal acetylenes is 1. The third kappa shape index (κ3) is 12.6. The maximum atomic E-state index is 13.0. The minimum atomic E-state index is 0.0167. The molecular formula is C41H59N5O. The SMILES string of the molecule is C#C.C=C(NCC)c1cc(C(=C)N[C@H]2CCCCC2CCc2ccccc2)n(CC(=O)NC2CCCCC2)n1.CCC1=CC=CCC1. The summed E-state index contributed by atoms with van der Waals surface area (Å²) in [7, 11) is 0. The van der Waals surface area contributed by atoms with Gasteiger partial charge in [0.05, 0.1) is 17.1 Å². The van der Waals surface area contributed by atoms with Crippen molar-refractivity contribution in [1.29, 1.82) is 0 Å².